The Bertz CT molecular complexity index is 893. The zero-order valence-corrected chi connectivity index (χ0v) is 14.0. The number of aliphatic hydroxyl groups excluding tert-OH is 1. The maximum absolute atomic E-state index is 12.2. The minimum Gasteiger partial charge on any atom is -0.461 e. The number of ether oxygens (including phenoxy) is 1. The van der Waals surface area contributed by atoms with Gasteiger partial charge in [-0.2, -0.15) is 5.10 Å². The second-order valence-corrected chi connectivity index (χ2v) is 5.51. The number of nitrogens with one attached hydrogen (secondary N) is 1. The zero-order chi connectivity index (χ0) is 17.8. The van der Waals surface area contributed by atoms with Gasteiger partial charge in [-0.3, -0.25) is 4.68 Å². The number of fused-ring (bicyclic) bond motifs is 1. The number of aryl methyl sites for hydroxylation is 1. The molecule has 0 saturated heterocycles. The van der Waals surface area contributed by atoms with Crippen LogP contribution in [-0.2, 0) is 11.8 Å². The predicted molar refractivity (Wildman–Crippen MR) is 92.2 cm³/mol. The summed E-state index contributed by atoms with van der Waals surface area (Å²) in [5.74, 6) is -0.556. The first-order chi connectivity index (χ1) is 12.1. The van der Waals surface area contributed by atoms with E-state index >= 15 is 0 Å². The van der Waals surface area contributed by atoms with Crippen LogP contribution in [0.3, 0.4) is 0 Å². The van der Waals surface area contributed by atoms with Gasteiger partial charge >= 0.3 is 5.97 Å². The van der Waals surface area contributed by atoms with Crippen molar-refractivity contribution in [3.8, 4) is 0 Å². The van der Waals surface area contributed by atoms with Crippen molar-refractivity contribution in [3.63, 3.8) is 0 Å². The molecule has 0 aliphatic rings. The first-order valence-electron chi connectivity index (χ1n) is 7.93. The van der Waals surface area contributed by atoms with Gasteiger partial charge in [0.2, 0.25) is 0 Å². The average Bonchev–Trinajstić information content (AvgIpc) is 3.06. The van der Waals surface area contributed by atoms with Crippen LogP contribution in [0, 0.1) is 0 Å². The molecule has 0 aliphatic heterocycles. The maximum atomic E-state index is 12.2. The highest BCUT2D eigenvalue weighted by Gasteiger charge is 2.20. The average molecular weight is 341 g/mol. The molecular weight excluding hydrogens is 322 g/mol. The molecule has 0 aliphatic carbocycles. The Hall–Kier alpha value is -3.00. The summed E-state index contributed by atoms with van der Waals surface area (Å²) < 4.78 is 6.67. The smallest absolute Gasteiger partial charge is 0.361 e. The third-order valence-corrected chi connectivity index (χ3v) is 3.72. The van der Waals surface area contributed by atoms with Crippen LogP contribution >= 0.6 is 0 Å². The number of rotatable bonds is 6. The van der Waals surface area contributed by atoms with Gasteiger partial charge in [-0.1, -0.05) is 18.2 Å². The van der Waals surface area contributed by atoms with Crippen molar-refractivity contribution in [1.29, 1.82) is 0 Å². The molecule has 2 N–H and O–H groups in total. The molecule has 130 valence electrons. The normalized spacial score (nSPS) is 12.1. The van der Waals surface area contributed by atoms with E-state index in [9.17, 15) is 9.90 Å². The van der Waals surface area contributed by atoms with E-state index in [4.69, 9.17) is 4.74 Å². The maximum Gasteiger partial charge on any atom is 0.361 e. The van der Waals surface area contributed by atoms with E-state index in [1.54, 1.807) is 37.1 Å². The van der Waals surface area contributed by atoms with E-state index < -0.39 is 12.1 Å². The summed E-state index contributed by atoms with van der Waals surface area (Å²) in [5.41, 5.74) is 1.92. The largest absolute Gasteiger partial charge is 0.461 e. The fourth-order valence-corrected chi connectivity index (χ4v) is 2.50. The Morgan fingerprint density at radius 2 is 2.16 bits per heavy atom. The fourth-order valence-electron chi connectivity index (χ4n) is 2.50. The van der Waals surface area contributed by atoms with Crippen molar-refractivity contribution < 1.29 is 14.6 Å². The topological polar surface area (TPSA) is 102 Å². The second kappa shape index (κ2) is 7.27. The summed E-state index contributed by atoms with van der Waals surface area (Å²) in [6, 6.07) is 7.34. The lowest BCUT2D eigenvalue weighted by Gasteiger charge is -2.15. The van der Waals surface area contributed by atoms with Crippen molar-refractivity contribution in [2.75, 3.05) is 18.5 Å². The number of esters is 1. The predicted octanol–water partition coefficient (Wildman–Crippen LogP) is 1.69. The molecule has 2 heterocycles. The molecule has 1 aromatic carbocycles. The Morgan fingerprint density at radius 1 is 1.36 bits per heavy atom. The summed E-state index contributed by atoms with van der Waals surface area (Å²) >= 11 is 0. The molecular formula is C17H19N5O3. The zero-order valence-electron chi connectivity index (χ0n) is 14.0. The summed E-state index contributed by atoms with van der Waals surface area (Å²) in [5, 5.41) is 26.3. The monoisotopic (exact) mass is 341 g/mol. The molecule has 8 heteroatoms. The highest BCUT2D eigenvalue weighted by Crippen LogP contribution is 2.26. The lowest BCUT2D eigenvalue weighted by molar-refractivity contribution is 0.0519. The van der Waals surface area contributed by atoms with Crippen LogP contribution in [0.2, 0.25) is 0 Å². The number of carbonyl (C=O) groups excluding carboxylic acids is 1. The fraction of sp³-hybridized carbons (Fsp3) is 0.294. The molecule has 3 aromatic rings. The van der Waals surface area contributed by atoms with Gasteiger partial charge in [-0.05, 0) is 13.0 Å². The van der Waals surface area contributed by atoms with Gasteiger partial charge in [-0.25, -0.2) is 4.79 Å². The number of hydrogen-bond acceptors (Lipinski definition) is 7. The van der Waals surface area contributed by atoms with E-state index in [1.165, 1.54) is 0 Å². The van der Waals surface area contributed by atoms with E-state index in [0.717, 1.165) is 5.39 Å². The molecule has 0 bridgehead atoms. The number of carbonyl (C=O) groups is 1. The molecule has 2 aromatic heterocycles. The molecule has 8 nitrogen and oxygen atoms in total. The third kappa shape index (κ3) is 3.58. The highest BCUT2D eigenvalue weighted by atomic mass is 16.5. The SMILES string of the molecule is CCOC(=O)c1nnc2ccccc2c1NCC(O)c1cnn(C)c1. The van der Waals surface area contributed by atoms with Gasteiger partial charge in [0.25, 0.3) is 0 Å². The molecule has 0 spiro atoms. The van der Waals surface area contributed by atoms with Gasteiger partial charge in [0, 0.05) is 30.7 Å². The van der Waals surface area contributed by atoms with Crippen LogP contribution in [0.25, 0.3) is 10.9 Å². The van der Waals surface area contributed by atoms with Crippen molar-refractivity contribution in [2.45, 2.75) is 13.0 Å². The molecule has 0 saturated carbocycles. The molecule has 1 atom stereocenters. The quantitative estimate of drug-likeness (QED) is 0.658. The minimum absolute atomic E-state index is 0.0962. The second-order valence-electron chi connectivity index (χ2n) is 5.51. The highest BCUT2D eigenvalue weighted by molar-refractivity contribution is 6.03. The van der Waals surface area contributed by atoms with Crippen molar-refractivity contribution in [2.24, 2.45) is 7.05 Å². The van der Waals surface area contributed by atoms with Crippen LogP contribution in [0.15, 0.2) is 36.7 Å². The first kappa shape index (κ1) is 16.8. The Balaban J connectivity index is 1.92. The van der Waals surface area contributed by atoms with E-state index in [2.05, 4.69) is 20.6 Å². The van der Waals surface area contributed by atoms with Crippen LogP contribution in [0.5, 0.6) is 0 Å². The number of benzene rings is 1. The van der Waals surface area contributed by atoms with Gasteiger partial charge in [-0.15, -0.1) is 10.2 Å². The van der Waals surface area contributed by atoms with Gasteiger partial charge < -0.3 is 15.2 Å². The molecule has 25 heavy (non-hydrogen) atoms. The third-order valence-electron chi connectivity index (χ3n) is 3.72. The Morgan fingerprint density at radius 3 is 2.88 bits per heavy atom. The van der Waals surface area contributed by atoms with Crippen LogP contribution in [0.1, 0.15) is 29.1 Å². The molecule has 1 unspecified atom stereocenters. The Kier molecular flexibility index (Phi) is 4.90. The van der Waals surface area contributed by atoms with E-state index in [1.807, 2.05) is 18.2 Å². The summed E-state index contributed by atoms with van der Waals surface area (Å²) in [4.78, 5) is 12.2. The van der Waals surface area contributed by atoms with Crippen LogP contribution in [0.4, 0.5) is 5.69 Å². The number of hydrogen-bond donors (Lipinski definition) is 2. The van der Waals surface area contributed by atoms with E-state index in [0.29, 0.717) is 16.8 Å². The number of nitrogens with zero attached hydrogens (tertiary/aromatic N) is 4. The van der Waals surface area contributed by atoms with Crippen LogP contribution in [-0.4, -0.2) is 44.2 Å². The van der Waals surface area contributed by atoms with E-state index in [-0.39, 0.29) is 18.8 Å². The summed E-state index contributed by atoms with van der Waals surface area (Å²) in [6.07, 6.45) is 2.55. The lowest BCUT2D eigenvalue weighted by Crippen LogP contribution is -2.17. The standard InChI is InChI=1S/C17H19N5O3/c1-3-25-17(24)16-15(12-6-4-5-7-13(12)20-21-16)18-9-14(23)11-8-19-22(2)10-11/h4-8,10,14,23H,3,9H2,1-2H3,(H,18,20). The number of anilines is 1. The first-order valence-corrected chi connectivity index (χ1v) is 7.93. The molecule has 3 rings (SSSR count). The van der Waals surface area contributed by atoms with Crippen molar-refractivity contribution in [1.82, 2.24) is 20.0 Å². The van der Waals surface area contributed by atoms with Crippen molar-refractivity contribution >= 4 is 22.6 Å². The molecule has 0 amide bonds. The Labute approximate surface area is 144 Å². The van der Waals surface area contributed by atoms with Crippen LogP contribution < -0.4 is 5.32 Å². The van der Waals surface area contributed by atoms with Crippen molar-refractivity contribution in [3.05, 3.63) is 47.9 Å². The number of aromatic nitrogens is 4. The van der Waals surface area contributed by atoms with Gasteiger partial charge in [0.15, 0.2) is 5.69 Å². The molecule has 0 fully saturated rings. The van der Waals surface area contributed by atoms with Gasteiger partial charge in [0.1, 0.15) is 0 Å². The summed E-state index contributed by atoms with van der Waals surface area (Å²) in [6.45, 7) is 2.16. The summed E-state index contributed by atoms with van der Waals surface area (Å²) in [7, 11) is 1.78. The van der Waals surface area contributed by atoms with Gasteiger partial charge in [0.05, 0.1) is 30.1 Å². The number of aliphatic hydroxyl groups is 1. The molecule has 0 radical (unpaired) electrons. The minimum atomic E-state index is -0.782. The lowest BCUT2D eigenvalue weighted by atomic mass is 10.1.